The number of amides is 1. The molecule has 7 heteroatoms. The molecule has 0 aliphatic carbocycles. The Hall–Kier alpha value is -1.60. The van der Waals surface area contributed by atoms with Crippen molar-refractivity contribution >= 4 is 15.9 Å². The first-order valence-electron chi connectivity index (χ1n) is 7.58. The summed E-state index contributed by atoms with van der Waals surface area (Å²) in [5, 5.41) is 0. The lowest BCUT2D eigenvalue weighted by Gasteiger charge is -2.30. The summed E-state index contributed by atoms with van der Waals surface area (Å²) in [5.74, 6) is 0.680. The molecule has 0 saturated carbocycles. The van der Waals surface area contributed by atoms with E-state index < -0.39 is 10.0 Å². The Bertz CT molecular complexity index is 674. The van der Waals surface area contributed by atoms with Crippen LogP contribution in [0.25, 0.3) is 0 Å². The molecule has 1 heterocycles. The summed E-state index contributed by atoms with van der Waals surface area (Å²) in [7, 11) is 0.0238. The molecule has 1 aliphatic rings. The standard InChI is InChI=1S/C16H24N2O4S/c1-12-10-17(2)16(19)9-13-7-5-6-8-14(13)22-15(12)11-18(3)23(4,20)21/h5-8,12,15H,9-11H2,1-4H3/t12-,15-/m0/s1. The first-order valence-corrected chi connectivity index (χ1v) is 9.43. The van der Waals surface area contributed by atoms with Crippen LogP contribution in [0.1, 0.15) is 12.5 Å². The van der Waals surface area contributed by atoms with Gasteiger partial charge in [-0.3, -0.25) is 4.79 Å². The predicted molar refractivity (Wildman–Crippen MR) is 88.8 cm³/mol. The van der Waals surface area contributed by atoms with Gasteiger partial charge in [0.05, 0.1) is 19.2 Å². The number of nitrogens with zero attached hydrogens (tertiary/aromatic N) is 2. The lowest BCUT2D eigenvalue weighted by atomic mass is 10.0. The monoisotopic (exact) mass is 340 g/mol. The van der Waals surface area contributed by atoms with Crippen molar-refractivity contribution in [1.29, 1.82) is 0 Å². The molecule has 0 N–H and O–H groups in total. The van der Waals surface area contributed by atoms with Gasteiger partial charge >= 0.3 is 0 Å². The first-order chi connectivity index (χ1) is 10.7. The number of carbonyl (C=O) groups is 1. The highest BCUT2D eigenvalue weighted by Crippen LogP contribution is 2.25. The molecule has 0 unspecified atom stereocenters. The van der Waals surface area contributed by atoms with Gasteiger partial charge in [-0.25, -0.2) is 12.7 Å². The van der Waals surface area contributed by atoms with Gasteiger partial charge < -0.3 is 9.64 Å². The highest BCUT2D eigenvalue weighted by atomic mass is 32.2. The van der Waals surface area contributed by atoms with E-state index in [1.165, 1.54) is 10.6 Å². The smallest absolute Gasteiger partial charge is 0.226 e. The van der Waals surface area contributed by atoms with Crippen molar-refractivity contribution in [2.45, 2.75) is 19.4 Å². The van der Waals surface area contributed by atoms with Gasteiger partial charge in [0, 0.05) is 32.1 Å². The molecule has 2 rings (SSSR count). The topological polar surface area (TPSA) is 66.9 Å². The van der Waals surface area contributed by atoms with Gasteiger partial charge in [-0.2, -0.15) is 0 Å². The minimum Gasteiger partial charge on any atom is -0.488 e. The van der Waals surface area contributed by atoms with Crippen LogP contribution in [0.2, 0.25) is 0 Å². The van der Waals surface area contributed by atoms with Crippen molar-refractivity contribution < 1.29 is 17.9 Å². The zero-order valence-corrected chi connectivity index (χ0v) is 14.8. The Morgan fingerprint density at radius 1 is 1.35 bits per heavy atom. The largest absolute Gasteiger partial charge is 0.488 e. The number of benzene rings is 1. The van der Waals surface area contributed by atoms with Crippen molar-refractivity contribution in [2.24, 2.45) is 5.92 Å². The normalized spacial score (nSPS) is 22.8. The van der Waals surface area contributed by atoms with Crippen molar-refractivity contribution in [1.82, 2.24) is 9.21 Å². The average molecular weight is 340 g/mol. The molecular formula is C16H24N2O4S. The second kappa shape index (κ2) is 6.88. The van der Waals surface area contributed by atoms with Crippen LogP contribution in [-0.4, -0.2) is 63.1 Å². The zero-order valence-electron chi connectivity index (χ0n) is 14.0. The summed E-state index contributed by atoms with van der Waals surface area (Å²) in [5.41, 5.74) is 0.824. The number of para-hydroxylation sites is 1. The van der Waals surface area contributed by atoms with Crippen molar-refractivity contribution in [3.05, 3.63) is 29.8 Å². The van der Waals surface area contributed by atoms with Crippen LogP contribution in [0.15, 0.2) is 24.3 Å². The molecular weight excluding hydrogens is 316 g/mol. The van der Waals surface area contributed by atoms with E-state index >= 15 is 0 Å². The van der Waals surface area contributed by atoms with Crippen LogP contribution in [0.5, 0.6) is 5.75 Å². The fourth-order valence-corrected chi connectivity index (χ4v) is 3.02. The number of sulfonamides is 1. The molecule has 0 spiro atoms. The van der Waals surface area contributed by atoms with Crippen molar-refractivity contribution in [2.75, 3.05) is 33.4 Å². The summed E-state index contributed by atoms with van der Waals surface area (Å²) >= 11 is 0. The SMILES string of the molecule is C[C@H]1CN(C)C(=O)Cc2ccccc2O[C@H]1CN(C)S(C)(=O)=O. The van der Waals surface area contributed by atoms with Crippen LogP contribution >= 0.6 is 0 Å². The molecule has 1 amide bonds. The second-order valence-corrected chi connectivity index (χ2v) is 8.33. The summed E-state index contributed by atoms with van der Waals surface area (Å²) in [6.45, 7) is 2.74. The van der Waals surface area contributed by atoms with E-state index in [4.69, 9.17) is 4.74 Å². The minimum atomic E-state index is -3.28. The summed E-state index contributed by atoms with van der Waals surface area (Å²) in [6.07, 6.45) is 1.13. The molecule has 2 atom stereocenters. The maximum Gasteiger partial charge on any atom is 0.226 e. The van der Waals surface area contributed by atoms with Gasteiger partial charge in [-0.05, 0) is 6.07 Å². The Kier molecular flexibility index (Phi) is 5.31. The molecule has 1 aliphatic heterocycles. The highest BCUT2D eigenvalue weighted by Gasteiger charge is 2.29. The molecule has 1 aromatic carbocycles. The lowest BCUT2D eigenvalue weighted by Crippen LogP contribution is -2.43. The molecule has 23 heavy (non-hydrogen) atoms. The van der Waals surface area contributed by atoms with E-state index in [0.717, 1.165) is 5.56 Å². The Balaban J connectivity index is 2.33. The van der Waals surface area contributed by atoms with Gasteiger partial charge in [0.1, 0.15) is 11.9 Å². The van der Waals surface area contributed by atoms with E-state index in [0.29, 0.717) is 12.3 Å². The molecule has 6 nitrogen and oxygen atoms in total. The van der Waals surface area contributed by atoms with Gasteiger partial charge in [0.2, 0.25) is 15.9 Å². The van der Waals surface area contributed by atoms with Gasteiger partial charge in [-0.15, -0.1) is 0 Å². The molecule has 0 saturated heterocycles. The van der Waals surface area contributed by atoms with Gasteiger partial charge in [-0.1, -0.05) is 25.1 Å². The van der Waals surface area contributed by atoms with E-state index in [1.54, 1.807) is 19.0 Å². The van der Waals surface area contributed by atoms with Crippen LogP contribution in [-0.2, 0) is 21.2 Å². The number of fused-ring (bicyclic) bond motifs is 1. The Labute approximate surface area is 138 Å². The number of hydrogen-bond donors (Lipinski definition) is 0. The number of rotatable bonds is 3. The third-order valence-electron chi connectivity index (χ3n) is 4.22. The van der Waals surface area contributed by atoms with Crippen molar-refractivity contribution in [3.8, 4) is 5.75 Å². The molecule has 0 radical (unpaired) electrons. The van der Waals surface area contributed by atoms with E-state index in [9.17, 15) is 13.2 Å². The van der Waals surface area contributed by atoms with Crippen molar-refractivity contribution in [3.63, 3.8) is 0 Å². The molecule has 1 aromatic rings. The summed E-state index contributed by atoms with van der Waals surface area (Å²) in [6, 6.07) is 7.42. The molecule has 0 aromatic heterocycles. The average Bonchev–Trinajstić information content (AvgIpc) is 2.49. The molecule has 0 fully saturated rings. The Morgan fingerprint density at radius 3 is 2.65 bits per heavy atom. The molecule has 128 valence electrons. The zero-order chi connectivity index (χ0) is 17.2. The third kappa shape index (κ3) is 4.45. The fourth-order valence-electron chi connectivity index (χ4n) is 2.60. The van der Waals surface area contributed by atoms with Crippen LogP contribution in [0.4, 0.5) is 0 Å². The van der Waals surface area contributed by atoms with E-state index in [1.807, 2.05) is 31.2 Å². The minimum absolute atomic E-state index is 0.000642. The maximum absolute atomic E-state index is 12.3. The quantitative estimate of drug-likeness (QED) is 0.822. The highest BCUT2D eigenvalue weighted by molar-refractivity contribution is 7.88. The van der Waals surface area contributed by atoms with Crippen LogP contribution < -0.4 is 4.74 Å². The number of ether oxygens (including phenoxy) is 1. The first kappa shape index (κ1) is 17.7. The maximum atomic E-state index is 12.3. The lowest BCUT2D eigenvalue weighted by molar-refractivity contribution is -0.129. The van der Waals surface area contributed by atoms with E-state index in [2.05, 4.69) is 0 Å². The van der Waals surface area contributed by atoms with Gasteiger partial charge in [0.15, 0.2) is 0 Å². The summed E-state index contributed by atoms with van der Waals surface area (Å²) in [4.78, 5) is 14.0. The third-order valence-corrected chi connectivity index (χ3v) is 5.50. The summed E-state index contributed by atoms with van der Waals surface area (Å²) < 4.78 is 30.8. The van der Waals surface area contributed by atoms with Gasteiger partial charge in [0.25, 0.3) is 0 Å². The Morgan fingerprint density at radius 2 is 2.00 bits per heavy atom. The van der Waals surface area contributed by atoms with Crippen LogP contribution in [0, 0.1) is 5.92 Å². The predicted octanol–water partition coefficient (Wildman–Crippen LogP) is 0.976. The number of carbonyl (C=O) groups excluding carboxylic acids is 1. The van der Waals surface area contributed by atoms with E-state index in [-0.39, 0.29) is 30.9 Å². The second-order valence-electron chi connectivity index (χ2n) is 6.24. The number of likely N-dealkylation sites (N-methyl/N-ethyl adjacent to an activating group) is 2. The number of hydrogen-bond acceptors (Lipinski definition) is 4. The van der Waals surface area contributed by atoms with Crippen LogP contribution in [0.3, 0.4) is 0 Å². The fraction of sp³-hybridized carbons (Fsp3) is 0.562. The molecule has 0 bridgehead atoms.